The highest BCUT2D eigenvalue weighted by Crippen LogP contribution is 2.19. The van der Waals surface area contributed by atoms with E-state index in [2.05, 4.69) is 10.3 Å². The zero-order valence-electron chi connectivity index (χ0n) is 14.4. The van der Waals surface area contributed by atoms with Crippen LogP contribution in [0.2, 0.25) is 0 Å². The van der Waals surface area contributed by atoms with Gasteiger partial charge in [-0.05, 0) is 55.3 Å². The zero-order chi connectivity index (χ0) is 17.6. The molecule has 5 nitrogen and oxygen atoms in total. The van der Waals surface area contributed by atoms with Crippen LogP contribution in [-0.2, 0) is 6.54 Å². The van der Waals surface area contributed by atoms with Gasteiger partial charge in [-0.15, -0.1) is 0 Å². The number of hydrogen-bond acceptors (Lipinski definition) is 3. The second-order valence-corrected chi connectivity index (χ2v) is 5.73. The quantitative estimate of drug-likeness (QED) is 0.750. The minimum Gasteiger partial charge on any atom is -0.494 e. The summed E-state index contributed by atoms with van der Waals surface area (Å²) >= 11 is 0. The van der Waals surface area contributed by atoms with Crippen molar-refractivity contribution >= 4 is 5.91 Å². The number of carbonyl (C=O) groups excluding carboxylic acids is 1. The number of imidazole rings is 1. The molecule has 2 aromatic carbocycles. The van der Waals surface area contributed by atoms with Crippen molar-refractivity contribution < 1.29 is 9.53 Å². The summed E-state index contributed by atoms with van der Waals surface area (Å²) in [5.41, 5.74) is 3.67. The largest absolute Gasteiger partial charge is 0.494 e. The Hall–Kier alpha value is -3.08. The summed E-state index contributed by atoms with van der Waals surface area (Å²) in [6, 6.07) is 13.5. The minimum absolute atomic E-state index is 0.0927. The van der Waals surface area contributed by atoms with Crippen molar-refractivity contribution in [2.24, 2.45) is 0 Å². The van der Waals surface area contributed by atoms with Gasteiger partial charge in [0.15, 0.2) is 0 Å². The molecule has 0 fully saturated rings. The van der Waals surface area contributed by atoms with Crippen molar-refractivity contribution in [2.75, 3.05) is 6.61 Å². The third kappa shape index (κ3) is 4.07. The lowest BCUT2D eigenvalue weighted by atomic mass is 10.1. The summed E-state index contributed by atoms with van der Waals surface area (Å²) in [6.07, 6.45) is 5.39. The fraction of sp³-hybridized carbons (Fsp3) is 0.200. The molecule has 1 N–H and O–H groups in total. The number of aromatic nitrogens is 2. The number of nitrogens with zero attached hydrogens (tertiary/aromatic N) is 2. The van der Waals surface area contributed by atoms with E-state index >= 15 is 0 Å². The molecule has 128 valence electrons. The molecule has 1 amide bonds. The maximum Gasteiger partial charge on any atom is 0.251 e. The molecule has 0 unspecified atom stereocenters. The van der Waals surface area contributed by atoms with Crippen LogP contribution in [0.25, 0.3) is 5.69 Å². The number of nitrogens with one attached hydrogen (secondary N) is 1. The van der Waals surface area contributed by atoms with E-state index in [0.29, 0.717) is 18.7 Å². The van der Waals surface area contributed by atoms with E-state index in [9.17, 15) is 4.79 Å². The van der Waals surface area contributed by atoms with E-state index in [-0.39, 0.29) is 5.91 Å². The number of benzene rings is 2. The SMILES string of the molecule is CCOc1ccc(C(=O)NCc2ccc(-n3ccnc3)cc2)cc1C. The Morgan fingerprint density at radius 3 is 2.64 bits per heavy atom. The molecule has 1 aromatic heterocycles. The molecule has 0 saturated carbocycles. The van der Waals surface area contributed by atoms with E-state index in [1.54, 1.807) is 18.6 Å². The summed E-state index contributed by atoms with van der Waals surface area (Å²) < 4.78 is 7.44. The Morgan fingerprint density at radius 2 is 2.00 bits per heavy atom. The maximum absolute atomic E-state index is 12.3. The fourth-order valence-corrected chi connectivity index (χ4v) is 2.59. The molecule has 0 aliphatic rings. The Morgan fingerprint density at radius 1 is 1.20 bits per heavy atom. The van der Waals surface area contributed by atoms with Crippen LogP contribution in [0.15, 0.2) is 61.2 Å². The number of rotatable bonds is 6. The summed E-state index contributed by atoms with van der Waals surface area (Å²) in [6.45, 7) is 4.98. The van der Waals surface area contributed by atoms with Gasteiger partial charge in [-0.3, -0.25) is 4.79 Å². The topological polar surface area (TPSA) is 56.1 Å². The van der Waals surface area contributed by atoms with Gasteiger partial charge >= 0.3 is 0 Å². The monoisotopic (exact) mass is 335 g/mol. The summed E-state index contributed by atoms with van der Waals surface area (Å²) in [7, 11) is 0. The van der Waals surface area contributed by atoms with Crippen molar-refractivity contribution in [2.45, 2.75) is 20.4 Å². The number of amides is 1. The van der Waals surface area contributed by atoms with Crippen molar-refractivity contribution in [3.63, 3.8) is 0 Å². The molecule has 1 heterocycles. The Kier molecular flexibility index (Phi) is 5.14. The molecule has 3 rings (SSSR count). The van der Waals surface area contributed by atoms with Crippen LogP contribution in [-0.4, -0.2) is 22.1 Å². The zero-order valence-corrected chi connectivity index (χ0v) is 14.4. The standard InChI is InChI=1S/C20H21N3O2/c1-3-25-19-9-6-17(12-15(19)2)20(24)22-13-16-4-7-18(8-5-16)23-11-10-21-14-23/h4-12,14H,3,13H2,1-2H3,(H,22,24). The second kappa shape index (κ2) is 7.66. The molecular formula is C20H21N3O2. The van der Waals surface area contributed by atoms with Crippen LogP contribution in [0, 0.1) is 6.92 Å². The van der Waals surface area contributed by atoms with Crippen LogP contribution < -0.4 is 10.1 Å². The molecule has 0 aliphatic heterocycles. The second-order valence-electron chi connectivity index (χ2n) is 5.73. The third-order valence-electron chi connectivity index (χ3n) is 3.93. The lowest BCUT2D eigenvalue weighted by Gasteiger charge is -2.10. The van der Waals surface area contributed by atoms with Gasteiger partial charge in [-0.1, -0.05) is 12.1 Å². The van der Waals surface area contributed by atoms with Gasteiger partial charge in [0.2, 0.25) is 0 Å². The molecule has 5 heteroatoms. The summed E-state index contributed by atoms with van der Waals surface area (Å²) in [5, 5.41) is 2.95. The lowest BCUT2D eigenvalue weighted by Crippen LogP contribution is -2.22. The molecule has 0 spiro atoms. The predicted molar refractivity (Wildman–Crippen MR) is 97.1 cm³/mol. The maximum atomic E-state index is 12.3. The first kappa shape index (κ1) is 16.8. The summed E-state index contributed by atoms with van der Waals surface area (Å²) in [5.74, 6) is 0.721. The average Bonchev–Trinajstić information content (AvgIpc) is 3.16. The number of hydrogen-bond donors (Lipinski definition) is 1. The highest BCUT2D eigenvalue weighted by Gasteiger charge is 2.08. The van der Waals surface area contributed by atoms with Crippen LogP contribution >= 0.6 is 0 Å². The number of carbonyl (C=O) groups is 1. The van der Waals surface area contributed by atoms with Crippen LogP contribution in [0.1, 0.15) is 28.4 Å². The summed E-state index contributed by atoms with van der Waals surface area (Å²) in [4.78, 5) is 16.4. The van der Waals surface area contributed by atoms with Gasteiger partial charge < -0.3 is 14.6 Å². The van der Waals surface area contributed by atoms with Crippen LogP contribution in [0.3, 0.4) is 0 Å². The van der Waals surface area contributed by atoms with E-state index < -0.39 is 0 Å². The van der Waals surface area contributed by atoms with Crippen LogP contribution in [0.4, 0.5) is 0 Å². The van der Waals surface area contributed by atoms with Gasteiger partial charge in [0.25, 0.3) is 5.91 Å². The minimum atomic E-state index is -0.0927. The van der Waals surface area contributed by atoms with Crippen LogP contribution in [0.5, 0.6) is 5.75 Å². The Labute approximate surface area is 147 Å². The predicted octanol–water partition coefficient (Wildman–Crippen LogP) is 3.51. The molecule has 0 atom stereocenters. The van der Waals surface area contributed by atoms with Gasteiger partial charge in [0.1, 0.15) is 5.75 Å². The molecule has 3 aromatic rings. The van der Waals surface area contributed by atoms with Crippen molar-refractivity contribution in [1.29, 1.82) is 0 Å². The molecule has 0 bridgehead atoms. The van der Waals surface area contributed by atoms with Gasteiger partial charge in [-0.25, -0.2) is 4.98 Å². The number of aryl methyl sites for hydroxylation is 1. The highest BCUT2D eigenvalue weighted by molar-refractivity contribution is 5.94. The molecule has 0 saturated heterocycles. The first-order valence-electron chi connectivity index (χ1n) is 8.26. The van der Waals surface area contributed by atoms with Crippen molar-refractivity contribution in [3.8, 4) is 11.4 Å². The molecular weight excluding hydrogens is 314 g/mol. The first-order chi connectivity index (χ1) is 12.2. The molecule has 0 radical (unpaired) electrons. The van der Waals surface area contributed by atoms with E-state index in [0.717, 1.165) is 22.6 Å². The average molecular weight is 335 g/mol. The fourth-order valence-electron chi connectivity index (χ4n) is 2.59. The molecule has 25 heavy (non-hydrogen) atoms. The first-order valence-corrected chi connectivity index (χ1v) is 8.26. The van der Waals surface area contributed by atoms with Gasteiger partial charge in [0.05, 0.1) is 12.9 Å². The highest BCUT2D eigenvalue weighted by atomic mass is 16.5. The molecule has 0 aliphatic carbocycles. The smallest absolute Gasteiger partial charge is 0.251 e. The third-order valence-corrected chi connectivity index (χ3v) is 3.93. The van der Waals surface area contributed by atoms with E-state index in [4.69, 9.17) is 4.74 Å². The Balaban J connectivity index is 1.61. The van der Waals surface area contributed by atoms with E-state index in [1.807, 2.05) is 61.0 Å². The normalized spacial score (nSPS) is 10.5. The van der Waals surface area contributed by atoms with Gasteiger partial charge in [-0.2, -0.15) is 0 Å². The van der Waals surface area contributed by atoms with E-state index in [1.165, 1.54) is 0 Å². The number of ether oxygens (including phenoxy) is 1. The van der Waals surface area contributed by atoms with Crippen molar-refractivity contribution in [3.05, 3.63) is 77.9 Å². The Bertz CT molecular complexity index is 840. The van der Waals surface area contributed by atoms with Gasteiger partial charge in [0, 0.05) is 30.2 Å². The lowest BCUT2D eigenvalue weighted by molar-refractivity contribution is 0.0951. The van der Waals surface area contributed by atoms with Crippen molar-refractivity contribution in [1.82, 2.24) is 14.9 Å².